The Morgan fingerprint density at radius 1 is 1.00 bits per heavy atom. The molecule has 1 N–H and O–H groups in total. The summed E-state index contributed by atoms with van der Waals surface area (Å²) < 4.78 is 17.2. The van der Waals surface area contributed by atoms with Gasteiger partial charge in [-0.3, -0.25) is 9.69 Å². The second kappa shape index (κ2) is 10.9. The molecule has 0 aliphatic carbocycles. The summed E-state index contributed by atoms with van der Waals surface area (Å²) in [6.45, 7) is 9.89. The first kappa shape index (κ1) is 22.0. The molecule has 2 aromatic carbocycles. The molecule has 1 saturated heterocycles. The van der Waals surface area contributed by atoms with Crippen molar-refractivity contribution in [3.8, 4) is 17.2 Å². The highest BCUT2D eigenvalue weighted by molar-refractivity contribution is 5.95. The number of hydrogen-bond donors (Lipinski definition) is 1. The maximum atomic E-state index is 13.0. The van der Waals surface area contributed by atoms with Crippen molar-refractivity contribution in [3.63, 3.8) is 0 Å². The largest absolute Gasteiger partial charge is 0.490 e. The Labute approximate surface area is 179 Å². The van der Waals surface area contributed by atoms with Gasteiger partial charge >= 0.3 is 0 Å². The van der Waals surface area contributed by atoms with E-state index in [0.717, 1.165) is 26.1 Å². The van der Waals surface area contributed by atoms with Crippen LogP contribution in [0.15, 0.2) is 42.5 Å². The van der Waals surface area contributed by atoms with Crippen LogP contribution in [-0.4, -0.2) is 49.8 Å². The first-order valence-electron chi connectivity index (χ1n) is 10.8. The van der Waals surface area contributed by atoms with Crippen molar-refractivity contribution in [1.29, 1.82) is 0 Å². The van der Waals surface area contributed by atoms with Gasteiger partial charge in [0, 0.05) is 31.2 Å². The van der Waals surface area contributed by atoms with E-state index in [9.17, 15) is 4.79 Å². The van der Waals surface area contributed by atoms with Gasteiger partial charge in [0.15, 0.2) is 11.5 Å². The molecule has 0 saturated carbocycles. The summed E-state index contributed by atoms with van der Waals surface area (Å²) in [6.07, 6.45) is 0.937. The topological polar surface area (TPSA) is 60.0 Å². The Kier molecular flexibility index (Phi) is 7.97. The van der Waals surface area contributed by atoms with Crippen LogP contribution in [0.5, 0.6) is 17.2 Å². The molecular weight excluding hydrogens is 380 g/mol. The lowest BCUT2D eigenvalue weighted by molar-refractivity contribution is 0.0936. The molecule has 1 aliphatic heterocycles. The van der Waals surface area contributed by atoms with Crippen molar-refractivity contribution in [2.75, 3.05) is 32.9 Å². The fraction of sp³-hybridized carbons (Fsp3) is 0.458. The van der Waals surface area contributed by atoms with Crippen molar-refractivity contribution >= 4 is 5.91 Å². The van der Waals surface area contributed by atoms with Gasteiger partial charge in [0.25, 0.3) is 5.91 Å². The summed E-state index contributed by atoms with van der Waals surface area (Å²) in [5.74, 6) is 1.50. The van der Waals surface area contributed by atoms with Crippen LogP contribution in [0.4, 0.5) is 0 Å². The maximum absolute atomic E-state index is 13.0. The van der Waals surface area contributed by atoms with Crippen LogP contribution in [0.25, 0.3) is 0 Å². The predicted molar refractivity (Wildman–Crippen MR) is 118 cm³/mol. The van der Waals surface area contributed by atoms with E-state index >= 15 is 0 Å². The van der Waals surface area contributed by atoms with Crippen LogP contribution in [-0.2, 0) is 6.54 Å². The van der Waals surface area contributed by atoms with Crippen molar-refractivity contribution in [1.82, 2.24) is 10.2 Å². The minimum Gasteiger partial charge on any atom is -0.490 e. The van der Waals surface area contributed by atoms with E-state index in [0.29, 0.717) is 42.6 Å². The SMILES string of the molecule is CCOc1cc(C(=O)NC2CCN(Cc3ccccc3)C2)cc(OCC)c1OCC. The standard InChI is InChI=1S/C24H32N2O4/c1-4-28-21-14-19(15-22(29-5-2)23(21)30-6-3)24(27)25-20-12-13-26(17-20)16-18-10-8-7-9-11-18/h7-11,14-15,20H,4-6,12-13,16-17H2,1-3H3,(H,25,27). The second-order valence-electron chi connectivity index (χ2n) is 7.28. The molecule has 1 heterocycles. The van der Waals surface area contributed by atoms with Gasteiger partial charge in [-0.25, -0.2) is 0 Å². The van der Waals surface area contributed by atoms with Gasteiger partial charge < -0.3 is 19.5 Å². The Bertz CT molecular complexity index is 798. The lowest BCUT2D eigenvalue weighted by atomic mass is 10.1. The summed E-state index contributed by atoms with van der Waals surface area (Å²) >= 11 is 0. The highest BCUT2D eigenvalue weighted by atomic mass is 16.5. The molecule has 1 amide bonds. The van der Waals surface area contributed by atoms with E-state index in [1.165, 1.54) is 5.56 Å². The van der Waals surface area contributed by atoms with Crippen LogP contribution < -0.4 is 19.5 Å². The van der Waals surface area contributed by atoms with Crippen LogP contribution in [0.2, 0.25) is 0 Å². The first-order valence-corrected chi connectivity index (χ1v) is 10.8. The number of likely N-dealkylation sites (tertiary alicyclic amines) is 1. The van der Waals surface area contributed by atoms with E-state index in [1.54, 1.807) is 12.1 Å². The van der Waals surface area contributed by atoms with Gasteiger partial charge in [0.2, 0.25) is 5.75 Å². The van der Waals surface area contributed by atoms with Gasteiger partial charge in [-0.05, 0) is 44.9 Å². The Balaban J connectivity index is 1.68. The van der Waals surface area contributed by atoms with Crippen LogP contribution >= 0.6 is 0 Å². The Morgan fingerprint density at radius 3 is 2.23 bits per heavy atom. The normalized spacial score (nSPS) is 16.3. The molecular formula is C24H32N2O4. The van der Waals surface area contributed by atoms with Gasteiger partial charge in [0.05, 0.1) is 19.8 Å². The number of carbonyl (C=O) groups is 1. The average Bonchev–Trinajstić information content (AvgIpc) is 3.18. The third-order valence-corrected chi connectivity index (χ3v) is 5.03. The van der Waals surface area contributed by atoms with E-state index in [4.69, 9.17) is 14.2 Å². The monoisotopic (exact) mass is 412 g/mol. The van der Waals surface area contributed by atoms with E-state index < -0.39 is 0 Å². The third kappa shape index (κ3) is 5.66. The Hall–Kier alpha value is -2.73. The zero-order valence-corrected chi connectivity index (χ0v) is 18.1. The number of hydrogen-bond acceptors (Lipinski definition) is 5. The molecule has 1 atom stereocenters. The first-order chi connectivity index (χ1) is 14.6. The van der Waals surface area contributed by atoms with Crippen LogP contribution in [0.1, 0.15) is 43.1 Å². The van der Waals surface area contributed by atoms with E-state index in [1.807, 2.05) is 26.8 Å². The van der Waals surface area contributed by atoms with Gasteiger partial charge in [-0.15, -0.1) is 0 Å². The zero-order chi connectivity index (χ0) is 21.3. The number of ether oxygens (including phenoxy) is 3. The van der Waals surface area contributed by atoms with Gasteiger partial charge in [0.1, 0.15) is 0 Å². The Morgan fingerprint density at radius 2 is 1.63 bits per heavy atom. The summed E-state index contributed by atoms with van der Waals surface area (Å²) in [4.78, 5) is 15.3. The van der Waals surface area contributed by atoms with Gasteiger partial charge in [-0.2, -0.15) is 0 Å². The van der Waals surface area contributed by atoms with Crippen LogP contribution in [0.3, 0.4) is 0 Å². The van der Waals surface area contributed by atoms with E-state index in [-0.39, 0.29) is 11.9 Å². The number of nitrogens with zero attached hydrogens (tertiary/aromatic N) is 1. The fourth-order valence-electron chi connectivity index (χ4n) is 3.72. The molecule has 6 heteroatoms. The number of amides is 1. The summed E-state index contributed by atoms with van der Waals surface area (Å²) in [5, 5.41) is 3.17. The highest BCUT2D eigenvalue weighted by Crippen LogP contribution is 2.39. The molecule has 162 valence electrons. The average molecular weight is 413 g/mol. The summed E-state index contributed by atoms with van der Waals surface area (Å²) in [7, 11) is 0. The smallest absolute Gasteiger partial charge is 0.251 e. The minimum atomic E-state index is -0.119. The zero-order valence-electron chi connectivity index (χ0n) is 18.1. The van der Waals surface area contributed by atoms with Crippen LogP contribution in [0, 0.1) is 0 Å². The lowest BCUT2D eigenvalue weighted by Crippen LogP contribution is -2.37. The molecule has 1 aliphatic rings. The van der Waals surface area contributed by atoms with Crippen molar-refractivity contribution in [2.24, 2.45) is 0 Å². The molecule has 0 bridgehead atoms. The van der Waals surface area contributed by atoms with Crippen molar-refractivity contribution < 1.29 is 19.0 Å². The second-order valence-corrected chi connectivity index (χ2v) is 7.28. The van der Waals surface area contributed by atoms with Crippen molar-refractivity contribution in [2.45, 2.75) is 39.8 Å². The summed E-state index contributed by atoms with van der Waals surface area (Å²) in [6, 6.07) is 14.0. The molecule has 6 nitrogen and oxygen atoms in total. The molecule has 30 heavy (non-hydrogen) atoms. The molecule has 0 spiro atoms. The predicted octanol–water partition coefficient (Wildman–Crippen LogP) is 3.89. The molecule has 0 radical (unpaired) electrons. The fourth-order valence-corrected chi connectivity index (χ4v) is 3.72. The highest BCUT2D eigenvalue weighted by Gasteiger charge is 2.25. The molecule has 2 aromatic rings. The number of nitrogens with one attached hydrogen (secondary N) is 1. The number of rotatable bonds is 10. The van der Waals surface area contributed by atoms with Gasteiger partial charge in [-0.1, -0.05) is 30.3 Å². The molecule has 3 rings (SSSR count). The molecule has 0 aromatic heterocycles. The molecule has 1 fully saturated rings. The number of benzene rings is 2. The summed E-state index contributed by atoms with van der Waals surface area (Å²) in [5.41, 5.74) is 1.81. The minimum absolute atomic E-state index is 0.119. The third-order valence-electron chi connectivity index (χ3n) is 5.03. The number of carbonyl (C=O) groups excluding carboxylic acids is 1. The molecule has 1 unspecified atom stereocenters. The quantitative estimate of drug-likeness (QED) is 0.642. The maximum Gasteiger partial charge on any atom is 0.251 e. The lowest BCUT2D eigenvalue weighted by Gasteiger charge is -2.19. The van der Waals surface area contributed by atoms with E-state index in [2.05, 4.69) is 34.5 Å². The van der Waals surface area contributed by atoms with Crippen molar-refractivity contribution in [3.05, 3.63) is 53.6 Å².